The molecule has 0 saturated heterocycles. The first-order valence-electron chi connectivity index (χ1n) is 10.2. The minimum Gasteiger partial charge on any atom is -0.497 e. The van der Waals surface area contributed by atoms with E-state index in [9.17, 15) is 19.1 Å². The topological polar surface area (TPSA) is 96.2 Å². The van der Waals surface area contributed by atoms with Gasteiger partial charge in [-0.2, -0.15) is 0 Å². The zero-order chi connectivity index (χ0) is 23.5. The molecule has 1 atom stereocenters. The summed E-state index contributed by atoms with van der Waals surface area (Å²) in [5.74, 6) is -0.740. The molecule has 9 heteroatoms. The molecule has 0 radical (unpaired) electrons. The number of hydrogen-bond acceptors (Lipinski definition) is 6. The maximum absolute atomic E-state index is 15.0. The summed E-state index contributed by atoms with van der Waals surface area (Å²) < 4.78 is 38.3. The molecule has 1 N–H and O–H groups in total. The van der Waals surface area contributed by atoms with E-state index in [0.717, 1.165) is 0 Å². The molecule has 0 amide bonds. The molecule has 0 aliphatic carbocycles. The molecule has 0 bridgehead atoms. The highest BCUT2D eigenvalue weighted by Crippen LogP contribution is 2.42. The quantitative estimate of drug-likeness (QED) is 0.517. The molecule has 33 heavy (non-hydrogen) atoms. The van der Waals surface area contributed by atoms with Gasteiger partial charge in [0.1, 0.15) is 28.6 Å². The number of carboxylic acid groups (broad SMARTS) is 1. The molecule has 172 valence electrons. The first-order chi connectivity index (χ1) is 15.9. The molecule has 1 aliphatic heterocycles. The van der Waals surface area contributed by atoms with Crippen LogP contribution >= 0.6 is 0 Å². The Balaban J connectivity index is 1.82. The van der Waals surface area contributed by atoms with Crippen molar-refractivity contribution in [2.75, 3.05) is 27.4 Å². The maximum atomic E-state index is 15.0. The Labute approximate surface area is 188 Å². The molecular formula is C24H22FNO7. The second-order valence-corrected chi connectivity index (χ2v) is 7.36. The van der Waals surface area contributed by atoms with E-state index in [1.54, 1.807) is 31.4 Å². The number of hydrogen-bond donors (Lipinski definition) is 1. The summed E-state index contributed by atoms with van der Waals surface area (Å²) in [5, 5.41) is 9.43. The van der Waals surface area contributed by atoms with Crippen LogP contribution in [0, 0.1) is 5.82 Å². The molecular weight excluding hydrogens is 433 g/mol. The first-order valence-corrected chi connectivity index (χ1v) is 10.2. The SMILES string of the molecule is COCCCOc1ccc2c(c1)OC(c1ccc(OC)cc1F)n1cc(C(=O)O)c(=O)cc1-2. The molecule has 0 saturated carbocycles. The molecule has 0 spiro atoms. The monoisotopic (exact) mass is 455 g/mol. The highest BCUT2D eigenvalue weighted by Gasteiger charge is 2.30. The van der Waals surface area contributed by atoms with Gasteiger partial charge in [0.2, 0.25) is 6.23 Å². The van der Waals surface area contributed by atoms with Crippen LogP contribution in [0.25, 0.3) is 11.3 Å². The molecule has 2 heterocycles. The summed E-state index contributed by atoms with van der Waals surface area (Å²) in [6, 6.07) is 10.6. The number of benzene rings is 2. The van der Waals surface area contributed by atoms with Gasteiger partial charge in [0, 0.05) is 55.7 Å². The summed E-state index contributed by atoms with van der Waals surface area (Å²) >= 11 is 0. The Hall–Kier alpha value is -3.85. The van der Waals surface area contributed by atoms with Crippen molar-refractivity contribution in [3.05, 3.63) is 75.8 Å². The van der Waals surface area contributed by atoms with Gasteiger partial charge < -0.3 is 28.6 Å². The predicted octanol–water partition coefficient (Wildman–Crippen LogP) is 3.72. The van der Waals surface area contributed by atoms with E-state index in [4.69, 9.17) is 18.9 Å². The number of halogens is 1. The van der Waals surface area contributed by atoms with E-state index in [-0.39, 0.29) is 5.56 Å². The van der Waals surface area contributed by atoms with Crippen molar-refractivity contribution < 1.29 is 33.2 Å². The summed E-state index contributed by atoms with van der Waals surface area (Å²) in [5.41, 5.74) is 0.00298. The van der Waals surface area contributed by atoms with Gasteiger partial charge in [-0.05, 0) is 24.3 Å². The molecule has 0 fully saturated rings. The fraction of sp³-hybridized carbons (Fsp3) is 0.250. The van der Waals surface area contributed by atoms with E-state index < -0.39 is 29.0 Å². The average Bonchev–Trinajstić information content (AvgIpc) is 2.80. The fourth-order valence-electron chi connectivity index (χ4n) is 3.64. The molecule has 1 aromatic heterocycles. The second-order valence-electron chi connectivity index (χ2n) is 7.36. The summed E-state index contributed by atoms with van der Waals surface area (Å²) in [4.78, 5) is 24.0. The van der Waals surface area contributed by atoms with Gasteiger partial charge in [0.05, 0.1) is 19.4 Å². The largest absolute Gasteiger partial charge is 0.497 e. The van der Waals surface area contributed by atoms with Gasteiger partial charge in [-0.25, -0.2) is 9.18 Å². The maximum Gasteiger partial charge on any atom is 0.341 e. The number of rotatable bonds is 8. The minimum absolute atomic E-state index is 0.147. The van der Waals surface area contributed by atoms with Crippen molar-refractivity contribution in [3.63, 3.8) is 0 Å². The Morgan fingerprint density at radius 1 is 1.12 bits per heavy atom. The summed E-state index contributed by atoms with van der Waals surface area (Å²) in [7, 11) is 3.04. The zero-order valence-corrected chi connectivity index (χ0v) is 18.0. The van der Waals surface area contributed by atoms with Crippen LogP contribution in [0.2, 0.25) is 0 Å². The van der Waals surface area contributed by atoms with E-state index in [0.29, 0.717) is 48.1 Å². The number of pyridine rings is 1. The zero-order valence-electron chi connectivity index (χ0n) is 18.0. The lowest BCUT2D eigenvalue weighted by atomic mass is 10.0. The molecule has 3 aromatic rings. The van der Waals surface area contributed by atoms with Crippen LogP contribution in [0.15, 0.2) is 53.5 Å². The Bertz CT molecular complexity index is 1250. The normalized spacial score (nSPS) is 14.1. The third kappa shape index (κ3) is 4.40. The lowest BCUT2D eigenvalue weighted by Crippen LogP contribution is -2.28. The summed E-state index contributed by atoms with van der Waals surface area (Å²) in [6.45, 7) is 0.990. The van der Waals surface area contributed by atoms with Gasteiger partial charge in [-0.3, -0.25) is 4.79 Å². The van der Waals surface area contributed by atoms with E-state index in [2.05, 4.69) is 0 Å². The van der Waals surface area contributed by atoms with Crippen molar-refractivity contribution in [1.82, 2.24) is 4.57 Å². The Morgan fingerprint density at radius 3 is 2.61 bits per heavy atom. The van der Waals surface area contributed by atoms with E-state index >= 15 is 0 Å². The minimum atomic E-state index is -1.38. The highest BCUT2D eigenvalue weighted by molar-refractivity contribution is 5.88. The predicted molar refractivity (Wildman–Crippen MR) is 117 cm³/mol. The molecule has 8 nitrogen and oxygen atoms in total. The average molecular weight is 455 g/mol. The van der Waals surface area contributed by atoms with Gasteiger partial charge in [0.15, 0.2) is 5.43 Å². The standard InChI is InChI=1S/C24H22FNO7/c1-30-8-3-9-32-15-5-7-17-20-12-21(27)18(24(28)29)13-26(20)23(33-22(17)11-15)16-6-4-14(31-2)10-19(16)25/h4-7,10-13,23H,3,8-9H2,1-2H3,(H,28,29). The van der Waals surface area contributed by atoms with Crippen LogP contribution in [0.1, 0.15) is 28.6 Å². The number of methoxy groups -OCH3 is 2. The van der Waals surface area contributed by atoms with E-state index in [1.165, 1.54) is 36.1 Å². The van der Waals surface area contributed by atoms with Crippen molar-refractivity contribution in [3.8, 4) is 28.5 Å². The van der Waals surface area contributed by atoms with Gasteiger partial charge in [0.25, 0.3) is 0 Å². The third-order valence-electron chi connectivity index (χ3n) is 5.27. The van der Waals surface area contributed by atoms with Crippen molar-refractivity contribution in [2.45, 2.75) is 12.6 Å². The first kappa shape index (κ1) is 22.3. The van der Waals surface area contributed by atoms with Crippen LogP contribution < -0.4 is 19.6 Å². The van der Waals surface area contributed by atoms with Crippen LogP contribution in [0.3, 0.4) is 0 Å². The molecule has 2 aromatic carbocycles. The van der Waals surface area contributed by atoms with Crippen molar-refractivity contribution in [1.29, 1.82) is 0 Å². The van der Waals surface area contributed by atoms with Crippen LogP contribution in [0.4, 0.5) is 4.39 Å². The van der Waals surface area contributed by atoms with Crippen LogP contribution in [-0.2, 0) is 4.74 Å². The van der Waals surface area contributed by atoms with Crippen LogP contribution in [-0.4, -0.2) is 43.1 Å². The number of nitrogens with zero attached hydrogens (tertiary/aromatic N) is 1. The number of carbonyl (C=O) groups is 1. The highest BCUT2D eigenvalue weighted by atomic mass is 19.1. The van der Waals surface area contributed by atoms with Crippen molar-refractivity contribution in [2.24, 2.45) is 0 Å². The number of aromatic carboxylic acids is 1. The number of carboxylic acids is 1. The molecule has 4 rings (SSSR count). The van der Waals surface area contributed by atoms with Crippen LogP contribution in [0.5, 0.6) is 17.2 Å². The number of fused-ring (bicyclic) bond motifs is 3. The third-order valence-corrected chi connectivity index (χ3v) is 5.27. The van der Waals surface area contributed by atoms with Gasteiger partial charge in [-0.1, -0.05) is 0 Å². The molecule has 1 unspecified atom stereocenters. The van der Waals surface area contributed by atoms with Gasteiger partial charge >= 0.3 is 5.97 Å². The Kier molecular flexibility index (Phi) is 6.32. The number of aromatic nitrogens is 1. The van der Waals surface area contributed by atoms with Crippen molar-refractivity contribution >= 4 is 5.97 Å². The lowest BCUT2D eigenvalue weighted by Gasteiger charge is -2.32. The fourth-order valence-corrected chi connectivity index (χ4v) is 3.64. The second kappa shape index (κ2) is 9.33. The smallest absolute Gasteiger partial charge is 0.341 e. The molecule has 1 aliphatic rings. The van der Waals surface area contributed by atoms with Gasteiger partial charge in [-0.15, -0.1) is 0 Å². The Morgan fingerprint density at radius 2 is 1.91 bits per heavy atom. The lowest BCUT2D eigenvalue weighted by molar-refractivity contribution is 0.0693. The number of ether oxygens (including phenoxy) is 4. The summed E-state index contributed by atoms with van der Waals surface area (Å²) in [6.07, 6.45) is 0.817. The van der Waals surface area contributed by atoms with E-state index in [1.807, 2.05) is 0 Å².